The number of carbonyl (C=O) groups excluding carboxylic acids is 1. The van der Waals surface area contributed by atoms with Crippen molar-refractivity contribution in [2.75, 3.05) is 39.0 Å². The van der Waals surface area contributed by atoms with Gasteiger partial charge in [-0.15, -0.1) is 0 Å². The van der Waals surface area contributed by atoms with Gasteiger partial charge < -0.3 is 15.5 Å². The highest BCUT2D eigenvalue weighted by atomic mass is 32.2. The van der Waals surface area contributed by atoms with E-state index in [1.54, 1.807) is 0 Å². The summed E-state index contributed by atoms with van der Waals surface area (Å²) in [5, 5.41) is 6.03. The van der Waals surface area contributed by atoms with Gasteiger partial charge in [0.15, 0.2) is 14.6 Å². The first kappa shape index (κ1) is 18.4. The zero-order valence-electron chi connectivity index (χ0n) is 13.6. The molecular formula is C14H29N3O3S. The summed E-state index contributed by atoms with van der Waals surface area (Å²) < 4.78 is 23.1. The van der Waals surface area contributed by atoms with E-state index in [0.29, 0.717) is 25.9 Å². The molecule has 21 heavy (non-hydrogen) atoms. The first-order valence-electron chi connectivity index (χ1n) is 7.70. The number of sulfone groups is 1. The monoisotopic (exact) mass is 319 g/mol. The highest BCUT2D eigenvalue weighted by Crippen LogP contribution is 2.28. The van der Waals surface area contributed by atoms with Crippen LogP contribution >= 0.6 is 0 Å². The fourth-order valence-electron chi connectivity index (χ4n) is 2.87. The van der Waals surface area contributed by atoms with Gasteiger partial charge in [-0.3, -0.25) is 4.79 Å². The van der Waals surface area contributed by atoms with Crippen molar-refractivity contribution in [2.24, 2.45) is 0 Å². The third kappa shape index (κ3) is 4.40. The molecule has 2 N–H and O–H groups in total. The van der Waals surface area contributed by atoms with Gasteiger partial charge in [0.1, 0.15) is 0 Å². The lowest BCUT2D eigenvalue weighted by molar-refractivity contribution is -0.125. The molecule has 0 aliphatic carbocycles. The summed E-state index contributed by atoms with van der Waals surface area (Å²) in [5.41, 5.74) is 0. The molecule has 0 aromatic carbocycles. The van der Waals surface area contributed by atoms with E-state index in [4.69, 9.17) is 0 Å². The zero-order chi connectivity index (χ0) is 16.1. The number of likely N-dealkylation sites (N-methyl/N-ethyl adjacent to an activating group) is 1. The number of rotatable bonds is 7. The lowest BCUT2D eigenvalue weighted by Crippen LogP contribution is -2.59. The van der Waals surface area contributed by atoms with Gasteiger partial charge in [0.25, 0.3) is 0 Å². The summed E-state index contributed by atoms with van der Waals surface area (Å²) >= 11 is 0. The topological polar surface area (TPSA) is 78.5 Å². The van der Waals surface area contributed by atoms with Gasteiger partial charge in [0, 0.05) is 18.8 Å². The van der Waals surface area contributed by atoms with Gasteiger partial charge in [-0.1, -0.05) is 13.8 Å². The van der Waals surface area contributed by atoms with Crippen LogP contribution in [0.25, 0.3) is 0 Å². The maximum atomic E-state index is 12.6. The molecule has 6 nitrogen and oxygen atoms in total. The second-order valence-corrected chi connectivity index (χ2v) is 8.20. The van der Waals surface area contributed by atoms with Gasteiger partial charge in [0.2, 0.25) is 5.91 Å². The molecule has 1 rings (SSSR count). The Kier molecular flexibility index (Phi) is 6.62. The molecule has 0 aromatic heterocycles. The fraction of sp³-hybridized carbons (Fsp3) is 0.929. The number of hydrogen-bond donors (Lipinski definition) is 2. The van der Waals surface area contributed by atoms with Crippen LogP contribution < -0.4 is 10.6 Å². The molecule has 1 aliphatic heterocycles. The van der Waals surface area contributed by atoms with E-state index >= 15 is 0 Å². The zero-order valence-corrected chi connectivity index (χ0v) is 14.4. The summed E-state index contributed by atoms with van der Waals surface area (Å²) in [6.45, 7) is 9.75. The minimum atomic E-state index is -3.44. The van der Waals surface area contributed by atoms with E-state index in [2.05, 4.69) is 29.4 Å². The molecule has 1 atom stereocenters. The maximum Gasteiger partial charge on any atom is 0.241 e. The molecule has 1 fully saturated rings. The number of hydrogen-bond acceptors (Lipinski definition) is 5. The highest BCUT2D eigenvalue weighted by Gasteiger charge is 2.48. The van der Waals surface area contributed by atoms with Crippen molar-refractivity contribution in [3.05, 3.63) is 0 Å². The van der Waals surface area contributed by atoms with Gasteiger partial charge >= 0.3 is 0 Å². The second kappa shape index (κ2) is 7.56. The van der Waals surface area contributed by atoms with Gasteiger partial charge in [-0.05, 0) is 45.9 Å². The largest absolute Gasteiger partial charge is 0.351 e. The average molecular weight is 319 g/mol. The van der Waals surface area contributed by atoms with E-state index in [1.165, 1.54) is 6.26 Å². The third-order valence-electron chi connectivity index (χ3n) is 4.34. The van der Waals surface area contributed by atoms with Crippen LogP contribution in [0.4, 0.5) is 0 Å². The Hall–Kier alpha value is -0.660. The molecule has 1 aliphatic rings. The van der Waals surface area contributed by atoms with Gasteiger partial charge in [-0.2, -0.15) is 0 Å². The number of nitrogens with zero attached hydrogens (tertiary/aromatic N) is 1. The Balaban J connectivity index is 2.79. The van der Waals surface area contributed by atoms with Crippen molar-refractivity contribution in [2.45, 2.75) is 44.4 Å². The lowest BCUT2D eigenvalue weighted by atomic mass is 9.95. The molecule has 7 heteroatoms. The predicted molar refractivity (Wildman–Crippen MR) is 85.1 cm³/mol. The Morgan fingerprint density at radius 2 is 1.81 bits per heavy atom. The summed E-state index contributed by atoms with van der Waals surface area (Å²) in [4.78, 5) is 14.8. The summed E-state index contributed by atoms with van der Waals surface area (Å²) in [7, 11) is -3.44. The van der Waals surface area contributed by atoms with Crippen molar-refractivity contribution < 1.29 is 13.2 Å². The van der Waals surface area contributed by atoms with Crippen molar-refractivity contribution >= 4 is 15.7 Å². The Bertz CT molecular complexity index is 440. The molecule has 1 heterocycles. The minimum Gasteiger partial charge on any atom is -0.351 e. The molecule has 0 aromatic rings. The molecule has 1 amide bonds. The predicted octanol–water partition coefficient (Wildman–Crippen LogP) is -0.000300. The van der Waals surface area contributed by atoms with Crippen LogP contribution in [-0.2, 0) is 14.6 Å². The standard InChI is InChI=1S/C14H29N3O3S/c1-5-17(6-2)11-12(3)16-13(18)14(21(4,19)20)7-9-15-10-8-14/h12,15H,5-11H2,1-4H3,(H,16,18). The third-order valence-corrected chi connectivity index (χ3v) is 6.35. The Labute approximate surface area is 128 Å². The lowest BCUT2D eigenvalue weighted by Gasteiger charge is -2.35. The van der Waals surface area contributed by atoms with E-state index < -0.39 is 14.6 Å². The van der Waals surface area contributed by atoms with Crippen molar-refractivity contribution in [3.8, 4) is 0 Å². The van der Waals surface area contributed by atoms with Crippen molar-refractivity contribution in [1.82, 2.24) is 15.5 Å². The highest BCUT2D eigenvalue weighted by molar-refractivity contribution is 7.92. The smallest absolute Gasteiger partial charge is 0.241 e. The fourth-order valence-corrected chi connectivity index (χ4v) is 4.21. The molecule has 124 valence electrons. The van der Waals surface area contributed by atoms with Crippen molar-refractivity contribution in [1.29, 1.82) is 0 Å². The van der Waals surface area contributed by atoms with Crippen LogP contribution in [0.15, 0.2) is 0 Å². The SMILES string of the molecule is CCN(CC)CC(C)NC(=O)C1(S(C)(=O)=O)CCNCC1. The number of carbonyl (C=O) groups is 1. The van der Waals surface area contributed by atoms with Crippen LogP contribution in [0.1, 0.15) is 33.6 Å². The van der Waals surface area contributed by atoms with E-state index in [1.807, 2.05) is 6.92 Å². The van der Waals surface area contributed by atoms with Crippen LogP contribution in [0.5, 0.6) is 0 Å². The molecule has 1 saturated heterocycles. The number of amides is 1. The van der Waals surface area contributed by atoms with Crippen LogP contribution in [-0.4, -0.2) is 69.0 Å². The summed E-state index contributed by atoms with van der Waals surface area (Å²) in [5.74, 6) is -0.342. The minimum absolute atomic E-state index is 0.0640. The molecule has 0 radical (unpaired) electrons. The second-order valence-electron chi connectivity index (χ2n) is 5.88. The molecule has 0 bridgehead atoms. The number of piperidine rings is 1. The Morgan fingerprint density at radius 1 is 1.29 bits per heavy atom. The van der Waals surface area contributed by atoms with Crippen LogP contribution in [0.2, 0.25) is 0 Å². The Morgan fingerprint density at radius 3 is 2.24 bits per heavy atom. The van der Waals surface area contributed by atoms with Gasteiger partial charge in [-0.25, -0.2) is 8.42 Å². The van der Waals surface area contributed by atoms with Gasteiger partial charge in [0.05, 0.1) is 0 Å². The quantitative estimate of drug-likeness (QED) is 0.690. The first-order chi connectivity index (χ1) is 9.76. The summed E-state index contributed by atoms with van der Waals surface area (Å²) in [6.07, 6.45) is 1.86. The maximum absolute atomic E-state index is 12.6. The molecule has 1 unspecified atom stereocenters. The van der Waals surface area contributed by atoms with E-state index in [-0.39, 0.29) is 11.9 Å². The number of nitrogens with one attached hydrogen (secondary N) is 2. The van der Waals surface area contributed by atoms with Crippen molar-refractivity contribution in [3.63, 3.8) is 0 Å². The van der Waals surface area contributed by atoms with Crippen LogP contribution in [0, 0.1) is 0 Å². The van der Waals surface area contributed by atoms with E-state index in [9.17, 15) is 13.2 Å². The van der Waals surface area contributed by atoms with Crippen LogP contribution in [0.3, 0.4) is 0 Å². The molecule has 0 spiro atoms. The first-order valence-corrected chi connectivity index (χ1v) is 9.59. The normalized spacial score (nSPS) is 20.2. The average Bonchev–Trinajstić information content (AvgIpc) is 2.44. The molecule has 0 saturated carbocycles. The summed E-state index contributed by atoms with van der Waals surface area (Å²) in [6, 6.07) is -0.0640. The van der Waals surface area contributed by atoms with E-state index in [0.717, 1.165) is 19.6 Å². The molecular weight excluding hydrogens is 290 g/mol.